The fraction of sp³-hybridized carbons (Fsp3) is 0.174. The third kappa shape index (κ3) is 3.96. The molecule has 158 valence electrons. The van der Waals surface area contributed by atoms with Gasteiger partial charge in [0.2, 0.25) is 0 Å². The third-order valence-electron chi connectivity index (χ3n) is 4.89. The molecule has 8 heteroatoms. The first-order chi connectivity index (χ1) is 14.7. The van der Waals surface area contributed by atoms with Crippen LogP contribution in [0.3, 0.4) is 0 Å². The molecule has 2 aromatic carbocycles. The standard InChI is InChI=1S/C23H21F2N5O/c1-13-9-15(3)29(27-13)21-7-5-17(11-19(21)24)23(31)26-18-6-8-22(20(25)12-18)30-16(4)10-14(2)28-30/h5-12H,1-4H3,(H,26,31). The van der Waals surface area contributed by atoms with Crippen molar-refractivity contribution in [2.45, 2.75) is 27.7 Å². The molecule has 4 rings (SSSR count). The summed E-state index contributed by atoms with van der Waals surface area (Å²) in [7, 11) is 0. The maximum absolute atomic E-state index is 14.7. The number of hydrogen-bond acceptors (Lipinski definition) is 3. The normalized spacial score (nSPS) is 11.0. The largest absolute Gasteiger partial charge is 0.322 e. The monoisotopic (exact) mass is 421 g/mol. The maximum Gasteiger partial charge on any atom is 0.255 e. The molecule has 0 radical (unpaired) electrons. The summed E-state index contributed by atoms with van der Waals surface area (Å²) in [4.78, 5) is 12.6. The van der Waals surface area contributed by atoms with E-state index in [0.717, 1.165) is 28.8 Å². The Hall–Kier alpha value is -3.81. The molecule has 0 aliphatic heterocycles. The first-order valence-corrected chi connectivity index (χ1v) is 9.70. The van der Waals surface area contributed by atoms with Crippen molar-refractivity contribution >= 4 is 11.6 Å². The molecule has 1 N–H and O–H groups in total. The van der Waals surface area contributed by atoms with Crippen molar-refractivity contribution < 1.29 is 13.6 Å². The number of aromatic nitrogens is 4. The van der Waals surface area contributed by atoms with Crippen LogP contribution in [0.1, 0.15) is 33.1 Å². The molecule has 31 heavy (non-hydrogen) atoms. The van der Waals surface area contributed by atoms with Gasteiger partial charge in [-0.3, -0.25) is 4.79 Å². The Balaban J connectivity index is 1.56. The predicted octanol–water partition coefficient (Wildman–Crippen LogP) is 4.82. The number of carbonyl (C=O) groups is 1. The van der Waals surface area contributed by atoms with E-state index in [2.05, 4.69) is 15.5 Å². The van der Waals surface area contributed by atoms with Crippen molar-refractivity contribution in [2.75, 3.05) is 5.32 Å². The zero-order chi connectivity index (χ0) is 22.3. The fourth-order valence-electron chi connectivity index (χ4n) is 3.53. The molecule has 6 nitrogen and oxygen atoms in total. The van der Waals surface area contributed by atoms with Gasteiger partial charge in [-0.15, -0.1) is 0 Å². The third-order valence-corrected chi connectivity index (χ3v) is 4.89. The summed E-state index contributed by atoms with van der Waals surface area (Å²) in [6, 6.07) is 12.2. The van der Waals surface area contributed by atoms with Gasteiger partial charge in [0.05, 0.1) is 11.4 Å². The molecule has 4 aromatic rings. The lowest BCUT2D eigenvalue weighted by Gasteiger charge is -2.11. The molecule has 2 aromatic heterocycles. The second-order valence-electron chi connectivity index (χ2n) is 7.46. The van der Waals surface area contributed by atoms with E-state index in [4.69, 9.17) is 0 Å². The molecule has 1 amide bonds. The highest BCUT2D eigenvalue weighted by atomic mass is 19.1. The Morgan fingerprint density at radius 2 is 1.29 bits per heavy atom. The molecule has 0 unspecified atom stereocenters. The van der Waals surface area contributed by atoms with Crippen LogP contribution in [0.5, 0.6) is 0 Å². The highest BCUT2D eigenvalue weighted by Gasteiger charge is 2.15. The molecule has 0 aliphatic rings. The molecule has 0 bridgehead atoms. The predicted molar refractivity (Wildman–Crippen MR) is 114 cm³/mol. The smallest absolute Gasteiger partial charge is 0.255 e. The van der Waals surface area contributed by atoms with Crippen LogP contribution in [0.25, 0.3) is 11.4 Å². The van der Waals surface area contributed by atoms with Crippen molar-refractivity contribution in [3.8, 4) is 11.4 Å². The van der Waals surface area contributed by atoms with E-state index in [9.17, 15) is 13.6 Å². The Kier molecular flexibility index (Phi) is 5.14. The van der Waals surface area contributed by atoms with Gasteiger partial charge < -0.3 is 5.32 Å². The van der Waals surface area contributed by atoms with Crippen molar-refractivity contribution in [3.05, 3.63) is 88.5 Å². The lowest BCUT2D eigenvalue weighted by atomic mass is 10.1. The summed E-state index contributed by atoms with van der Waals surface area (Å²) >= 11 is 0. The first-order valence-electron chi connectivity index (χ1n) is 9.70. The van der Waals surface area contributed by atoms with Gasteiger partial charge in [-0.1, -0.05) is 0 Å². The minimum Gasteiger partial charge on any atom is -0.322 e. The molecule has 0 atom stereocenters. The van der Waals surface area contributed by atoms with Gasteiger partial charge in [0, 0.05) is 22.6 Å². The van der Waals surface area contributed by atoms with Gasteiger partial charge >= 0.3 is 0 Å². The van der Waals surface area contributed by atoms with E-state index >= 15 is 0 Å². The van der Waals surface area contributed by atoms with E-state index in [1.807, 2.05) is 39.8 Å². The number of aryl methyl sites for hydroxylation is 4. The van der Waals surface area contributed by atoms with Crippen LogP contribution in [0.2, 0.25) is 0 Å². The van der Waals surface area contributed by atoms with Crippen molar-refractivity contribution in [2.24, 2.45) is 0 Å². The van der Waals surface area contributed by atoms with Gasteiger partial charge in [0.15, 0.2) is 5.82 Å². The molecule has 0 aliphatic carbocycles. The van der Waals surface area contributed by atoms with Crippen LogP contribution in [-0.2, 0) is 0 Å². The van der Waals surface area contributed by atoms with Crippen LogP contribution < -0.4 is 5.32 Å². The molecule has 0 saturated heterocycles. The number of nitrogens with zero attached hydrogens (tertiary/aromatic N) is 4. The van der Waals surface area contributed by atoms with E-state index in [1.165, 1.54) is 33.6 Å². The fourth-order valence-corrected chi connectivity index (χ4v) is 3.53. The Bertz CT molecular complexity index is 1310. The number of nitrogens with one attached hydrogen (secondary N) is 1. The molecular weight excluding hydrogens is 400 g/mol. The number of halogens is 2. The van der Waals surface area contributed by atoms with Crippen molar-refractivity contribution in [1.82, 2.24) is 19.6 Å². The summed E-state index contributed by atoms with van der Waals surface area (Å²) in [5, 5.41) is 11.1. The second kappa shape index (κ2) is 7.79. The number of benzene rings is 2. The minimum absolute atomic E-state index is 0.116. The summed E-state index contributed by atoms with van der Waals surface area (Å²) in [6.07, 6.45) is 0. The quantitative estimate of drug-likeness (QED) is 0.514. The molecule has 0 spiro atoms. The van der Waals surface area contributed by atoms with Gasteiger partial charge in [0.25, 0.3) is 5.91 Å². The van der Waals surface area contributed by atoms with E-state index < -0.39 is 17.5 Å². The Labute approximate surface area is 178 Å². The Morgan fingerprint density at radius 1 is 0.774 bits per heavy atom. The van der Waals surface area contributed by atoms with E-state index in [0.29, 0.717) is 0 Å². The highest BCUT2D eigenvalue weighted by Crippen LogP contribution is 2.22. The molecule has 0 fully saturated rings. The number of rotatable bonds is 4. The zero-order valence-corrected chi connectivity index (χ0v) is 17.6. The van der Waals surface area contributed by atoms with Crippen LogP contribution in [0.15, 0.2) is 48.5 Å². The summed E-state index contributed by atoms with van der Waals surface area (Å²) in [6.45, 7) is 7.31. The van der Waals surface area contributed by atoms with Crippen LogP contribution in [0.4, 0.5) is 14.5 Å². The number of amides is 1. The van der Waals surface area contributed by atoms with E-state index in [-0.39, 0.29) is 22.6 Å². The van der Waals surface area contributed by atoms with Gasteiger partial charge in [-0.25, -0.2) is 18.1 Å². The number of hydrogen-bond donors (Lipinski definition) is 1. The van der Waals surface area contributed by atoms with Crippen molar-refractivity contribution in [3.63, 3.8) is 0 Å². The SMILES string of the molecule is Cc1cc(C)n(-c2ccc(NC(=O)c3ccc(-n4nc(C)cc4C)c(F)c3)cc2F)n1. The van der Waals surface area contributed by atoms with Gasteiger partial charge in [-0.05, 0) is 76.2 Å². The molecule has 2 heterocycles. The summed E-state index contributed by atoms with van der Waals surface area (Å²) in [5.74, 6) is -1.66. The van der Waals surface area contributed by atoms with Crippen molar-refractivity contribution in [1.29, 1.82) is 0 Å². The second-order valence-corrected chi connectivity index (χ2v) is 7.46. The lowest BCUT2D eigenvalue weighted by Crippen LogP contribution is -2.13. The minimum atomic E-state index is -0.579. The zero-order valence-electron chi connectivity index (χ0n) is 17.6. The Morgan fingerprint density at radius 3 is 1.74 bits per heavy atom. The number of carbonyl (C=O) groups excluding carboxylic acids is 1. The number of anilines is 1. The first kappa shape index (κ1) is 20.5. The lowest BCUT2D eigenvalue weighted by molar-refractivity contribution is 0.102. The maximum atomic E-state index is 14.7. The average Bonchev–Trinajstić information content (AvgIpc) is 3.21. The van der Waals surface area contributed by atoms with Gasteiger partial charge in [0.1, 0.15) is 17.2 Å². The van der Waals surface area contributed by atoms with Crippen LogP contribution in [0, 0.1) is 39.3 Å². The highest BCUT2D eigenvalue weighted by molar-refractivity contribution is 6.04. The summed E-state index contributed by atoms with van der Waals surface area (Å²) in [5.41, 5.74) is 4.04. The average molecular weight is 421 g/mol. The topological polar surface area (TPSA) is 64.7 Å². The van der Waals surface area contributed by atoms with Crippen LogP contribution >= 0.6 is 0 Å². The molecule has 0 saturated carbocycles. The van der Waals surface area contributed by atoms with E-state index in [1.54, 1.807) is 6.07 Å². The molecular formula is C23H21F2N5O. The summed E-state index contributed by atoms with van der Waals surface area (Å²) < 4.78 is 32.3. The van der Waals surface area contributed by atoms with Gasteiger partial charge in [-0.2, -0.15) is 10.2 Å². The van der Waals surface area contributed by atoms with Crippen LogP contribution in [-0.4, -0.2) is 25.5 Å².